The van der Waals surface area contributed by atoms with Gasteiger partial charge in [0.25, 0.3) is 7.82 Å². The van der Waals surface area contributed by atoms with Gasteiger partial charge in [-0.25, -0.2) is 0 Å². The summed E-state index contributed by atoms with van der Waals surface area (Å²) in [6, 6.07) is 0. The van der Waals surface area contributed by atoms with E-state index in [1.807, 2.05) is 21.1 Å². The van der Waals surface area contributed by atoms with Crippen LogP contribution in [-0.2, 0) is 32.7 Å². The molecule has 9 nitrogen and oxygen atoms in total. The zero-order valence-corrected chi connectivity index (χ0v) is 43.9. The van der Waals surface area contributed by atoms with E-state index in [-0.39, 0.29) is 26.1 Å². The lowest BCUT2D eigenvalue weighted by atomic mass is 10.1. The maximum absolute atomic E-state index is 12.8. The first-order valence-corrected chi connectivity index (χ1v) is 27.6. The molecule has 0 N–H and O–H groups in total. The van der Waals surface area contributed by atoms with Gasteiger partial charge >= 0.3 is 11.9 Å². The van der Waals surface area contributed by atoms with Gasteiger partial charge in [-0.1, -0.05) is 187 Å². The first-order valence-electron chi connectivity index (χ1n) is 26.1. The smallest absolute Gasteiger partial charge is 0.306 e. The van der Waals surface area contributed by atoms with E-state index in [2.05, 4.69) is 123 Å². The lowest BCUT2D eigenvalue weighted by Crippen LogP contribution is -2.37. The Morgan fingerprint density at radius 1 is 0.478 bits per heavy atom. The van der Waals surface area contributed by atoms with E-state index in [9.17, 15) is 19.0 Å². The molecule has 0 fully saturated rings. The summed E-state index contributed by atoms with van der Waals surface area (Å²) in [6.07, 6.45) is 65.5. The van der Waals surface area contributed by atoms with Crippen molar-refractivity contribution in [3.05, 3.63) is 109 Å². The average Bonchev–Trinajstić information content (AvgIpc) is 3.29. The van der Waals surface area contributed by atoms with Crippen molar-refractivity contribution in [2.75, 3.05) is 47.5 Å². The summed E-state index contributed by atoms with van der Waals surface area (Å²) >= 11 is 0. The number of allylic oxidation sites excluding steroid dienone is 18. The number of phosphoric ester groups is 1. The fraction of sp³-hybridized carbons (Fsp3) is 0.649. The molecule has 0 aromatic rings. The number of esters is 2. The summed E-state index contributed by atoms with van der Waals surface area (Å²) in [5.41, 5.74) is 0. The number of quaternary nitrogens is 1. The zero-order chi connectivity index (χ0) is 49.2. The number of phosphoric acid groups is 1. The van der Waals surface area contributed by atoms with Crippen LogP contribution in [0.3, 0.4) is 0 Å². The number of rotatable bonds is 46. The first kappa shape index (κ1) is 63.7. The van der Waals surface area contributed by atoms with Crippen molar-refractivity contribution in [2.24, 2.45) is 0 Å². The van der Waals surface area contributed by atoms with Crippen molar-refractivity contribution >= 4 is 19.8 Å². The molecule has 0 heterocycles. The highest BCUT2D eigenvalue weighted by atomic mass is 31.2. The summed E-state index contributed by atoms with van der Waals surface area (Å²) in [5.74, 6) is -0.872. The summed E-state index contributed by atoms with van der Waals surface area (Å²) in [5, 5.41) is 0. The summed E-state index contributed by atoms with van der Waals surface area (Å²) in [4.78, 5) is 37.7. The van der Waals surface area contributed by atoms with Crippen LogP contribution in [0.1, 0.15) is 187 Å². The van der Waals surface area contributed by atoms with E-state index in [0.29, 0.717) is 23.9 Å². The molecule has 0 aliphatic rings. The Bertz CT molecular complexity index is 1500. The van der Waals surface area contributed by atoms with Crippen LogP contribution in [0.15, 0.2) is 109 Å². The third-order valence-corrected chi connectivity index (χ3v) is 11.5. The number of likely N-dealkylation sites (N-methyl/N-ethyl adjacent to an activating group) is 1. The first-order chi connectivity index (χ1) is 32.5. The van der Waals surface area contributed by atoms with E-state index in [4.69, 9.17) is 18.5 Å². The highest BCUT2D eigenvalue weighted by Crippen LogP contribution is 2.38. The monoisotopic (exact) mass is 954 g/mol. The number of hydrogen-bond donors (Lipinski definition) is 0. The Kier molecular flexibility index (Phi) is 45.4. The molecule has 0 aliphatic heterocycles. The Hall–Kier alpha value is -3.33. The molecule has 0 spiro atoms. The van der Waals surface area contributed by atoms with Crippen molar-refractivity contribution in [1.82, 2.24) is 0 Å². The molecule has 10 heteroatoms. The van der Waals surface area contributed by atoms with Gasteiger partial charge in [0.05, 0.1) is 27.7 Å². The molecule has 67 heavy (non-hydrogen) atoms. The van der Waals surface area contributed by atoms with Crippen LogP contribution >= 0.6 is 7.82 Å². The van der Waals surface area contributed by atoms with E-state index < -0.39 is 32.5 Å². The van der Waals surface area contributed by atoms with Crippen LogP contribution in [0.4, 0.5) is 0 Å². The van der Waals surface area contributed by atoms with E-state index in [0.717, 1.165) is 122 Å². The summed E-state index contributed by atoms with van der Waals surface area (Å²) < 4.78 is 34.0. The minimum atomic E-state index is -4.64. The molecule has 0 aromatic carbocycles. The molecular formula is C57H96NO8P. The van der Waals surface area contributed by atoms with Gasteiger partial charge in [0.2, 0.25) is 0 Å². The molecule has 0 rings (SSSR count). The maximum atomic E-state index is 12.8. The Balaban J connectivity index is 4.27. The third-order valence-electron chi connectivity index (χ3n) is 10.5. The number of nitrogens with zero attached hydrogens (tertiary/aromatic N) is 1. The second-order valence-electron chi connectivity index (χ2n) is 18.1. The second kappa shape index (κ2) is 47.7. The summed E-state index contributed by atoms with van der Waals surface area (Å²) in [7, 11) is 1.13. The largest absolute Gasteiger partial charge is 0.756 e. The SMILES string of the molecule is CC/C=C\C/C=C\C/C=C\C/C=C\C/C=C\C/C=C\C/C=C\CCCCCCCCCC(=O)OC(COC(=O)CCCCCCC/C=C\C/C=C\CCCC)COP(=O)([O-])OCC[N+](C)(C)C. The molecule has 0 radical (unpaired) electrons. The fourth-order valence-corrected chi connectivity index (χ4v) is 7.20. The lowest BCUT2D eigenvalue weighted by Gasteiger charge is -2.28. The number of carbonyl (C=O) groups excluding carboxylic acids is 2. The van der Waals surface area contributed by atoms with Gasteiger partial charge in [-0.3, -0.25) is 14.2 Å². The molecule has 2 unspecified atom stereocenters. The van der Waals surface area contributed by atoms with Gasteiger partial charge in [-0.2, -0.15) is 0 Å². The highest BCUT2D eigenvalue weighted by Gasteiger charge is 2.21. The average molecular weight is 954 g/mol. The van der Waals surface area contributed by atoms with Crippen molar-refractivity contribution in [3.8, 4) is 0 Å². The number of carbonyl (C=O) groups is 2. The molecule has 0 saturated heterocycles. The molecular weight excluding hydrogens is 858 g/mol. The van der Waals surface area contributed by atoms with Crippen LogP contribution in [0.2, 0.25) is 0 Å². The van der Waals surface area contributed by atoms with E-state index >= 15 is 0 Å². The van der Waals surface area contributed by atoms with Crippen molar-refractivity contribution < 1.29 is 42.1 Å². The minimum absolute atomic E-state index is 0.0417. The van der Waals surface area contributed by atoms with Crippen molar-refractivity contribution in [3.63, 3.8) is 0 Å². The van der Waals surface area contributed by atoms with Crippen molar-refractivity contribution in [1.29, 1.82) is 0 Å². The predicted octanol–water partition coefficient (Wildman–Crippen LogP) is 15.2. The fourth-order valence-electron chi connectivity index (χ4n) is 6.47. The van der Waals surface area contributed by atoms with E-state index in [1.165, 1.54) is 25.7 Å². The van der Waals surface area contributed by atoms with Crippen LogP contribution in [0.25, 0.3) is 0 Å². The molecule has 382 valence electrons. The zero-order valence-electron chi connectivity index (χ0n) is 43.1. The normalized spacial score (nSPS) is 14.3. The molecule has 0 amide bonds. The summed E-state index contributed by atoms with van der Waals surface area (Å²) in [6.45, 7) is 4.03. The molecule has 2 atom stereocenters. The second-order valence-corrected chi connectivity index (χ2v) is 19.6. The predicted molar refractivity (Wildman–Crippen MR) is 282 cm³/mol. The number of hydrogen-bond acceptors (Lipinski definition) is 8. The van der Waals surface area contributed by atoms with Gasteiger partial charge in [0.15, 0.2) is 6.10 Å². The van der Waals surface area contributed by atoms with Crippen LogP contribution in [-0.4, -0.2) is 70.0 Å². The quantitative estimate of drug-likeness (QED) is 0.0195. The molecule has 0 aromatic heterocycles. The topological polar surface area (TPSA) is 111 Å². The highest BCUT2D eigenvalue weighted by molar-refractivity contribution is 7.45. The number of unbranched alkanes of at least 4 members (excludes halogenated alkanes) is 14. The third kappa shape index (κ3) is 51.9. The molecule has 0 saturated carbocycles. The minimum Gasteiger partial charge on any atom is -0.756 e. The Morgan fingerprint density at radius 3 is 1.27 bits per heavy atom. The van der Waals surface area contributed by atoms with Crippen LogP contribution < -0.4 is 4.89 Å². The number of ether oxygens (including phenoxy) is 2. The van der Waals surface area contributed by atoms with Gasteiger partial charge in [-0.05, 0) is 96.3 Å². The van der Waals surface area contributed by atoms with Crippen molar-refractivity contribution in [2.45, 2.75) is 193 Å². The van der Waals surface area contributed by atoms with Gasteiger partial charge < -0.3 is 27.9 Å². The van der Waals surface area contributed by atoms with Crippen LogP contribution in [0, 0.1) is 0 Å². The van der Waals surface area contributed by atoms with Gasteiger partial charge in [0.1, 0.15) is 19.8 Å². The maximum Gasteiger partial charge on any atom is 0.306 e. The van der Waals surface area contributed by atoms with E-state index in [1.54, 1.807) is 0 Å². The standard InChI is InChI=1S/C57H96NO8P/c1-6-8-10-12-14-16-18-20-22-23-24-25-26-27-28-29-30-31-32-33-34-35-36-38-40-42-44-46-48-50-57(60)66-55(54-65-67(61,62)64-52-51-58(3,4)5)53-63-56(59)49-47-45-43-41-39-37-21-19-17-15-13-11-9-7-2/h8,10,13-16,19-22,24-25,27-28,30-31,33-34,55H,6-7,9,11-12,17-18,23,26,29,32,35-54H2,1-5H3/b10-8-,15-13-,16-14-,21-19-,22-20-,25-24-,28-27-,31-30-,34-33-. The molecule has 0 bridgehead atoms. The Labute approximate surface area is 410 Å². The van der Waals surface area contributed by atoms with Gasteiger partial charge in [-0.15, -0.1) is 0 Å². The van der Waals surface area contributed by atoms with Gasteiger partial charge in [0, 0.05) is 12.8 Å². The Morgan fingerprint density at radius 2 is 0.851 bits per heavy atom. The lowest BCUT2D eigenvalue weighted by molar-refractivity contribution is -0.870. The molecule has 0 aliphatic carbocycles. The van der Waals surface area contributed by atoms with Crippen LogP contribution in [0.5, 0.6) is 0 Å².